The molecular weight excluding hydrogens is 582 g/mol. The number of hydrogen-bond acceptors (Lipinski definition) is 6. The second kappa shape index (κ2) is 11.1. The summed E-state index contributed by atoms with van der Waals surface area (Å²) in [5.41, 5.74) is 1.98. The van der Waals surface area contributed by atoms with E-state index in [1.54, 1.807) is 31.2 Å². The van der Waals surface area contributed by atoms with Crippen LogP contribution in [0.15, 0.2) is 96.6 Å². The summed E-state index contributed by atoms with van der Waals surface area (Å²) in [6.07, 6.45) is 3.40. The van der Waals surface area contributed by atoms with Crippen molar-refractivity contribution in [1.82, 2.24) is 4.90 Å². The lowest BCUT2D eigenvalue weighted by atomic mass is 9.44. The molecule has 0 spiro atoms. The monoisotopic (exact) mass is 615 g/mol. The van der Waals surface area contributed by atoms with Gasteiger partial charge in [0.15, 0.2) is 11.6 Å². The molecule has 3 aromatic carbocycles. The van der Waals surface area contributed by atoms with Crippen LogP contribution in [0, 0.1) is 30.6 Å². The maximum absolute atomic E-state index is 15.0. The van der Waals surface area contributed by atoms with Gasteiger partial charge < -0.3 is 10.2 Å². The number of amides is 2. The number of hydrogen-bond donors (Lipinski definition) is 2. The summed E-state index contributed by atoms with van der Waals surface area (Å²) in [6, 6.07) is 23.6. The predicted molar refractivity (Wildman–Crippen MR) is 168 cm³/mol. The van der Waals surface area contributed by atoms with Crippen molar-refractivity contribution in [3.63, 3.8) is 0 Å². The zero-order valence-electron chi connectivity index (χ0n) is 25.3. The highest BCUT2D eigenvalue weighted by atomic mass is 16.4. The van der Waals surface area contributed by atoms with Crippen molar-refractivity contribution in [1.29, 1.82) is 0 Å². The number of fused-ring (bicyclic) bond motifs is 4. The quantitative estimate of drug-likeness (QED) is 0.295. The van der Waals surface area contributed by atoms with Crippen LogP contribution < -0.4 is 0 Å². The van der Waals surface area contributed by atoms with Crippen molar-refractivity contribution in [2.75, 3.05) is 6.54 Å². The van der Waals surface area contributed by atoms with E-state index in [-0.39, 0.29) is 43.1 Å². The van der Waals surface area contributed by atoms with Gasteiger partial charge in [-0.1, -0.05) is 90.5 Å². The van der Waals surface area contributed by atoms with Crippen LogP contribution in [0.4, 0.5) is 0 Å². The fourth-order valence-electron chi connectivity index (χ4n) is 8.63. The summed E-state index contributed by atoms with van der Waals surface area (Å²) in [5, 5.41) is 20.9. The van der Waals surface area contributed by atoms with Crippen LogP contribution in [0.2, 0.25) is 0 Å². The van der Waals surface area contributed by atoms with Gasteiger partial charge in [-0.05, 0) is 48.4 Å². The summed E-state index contributed by atoms with van der Waals surface area (Å²) < 4.78 is 0. The standard InChI is InChI=1S/C38H33NO7/c1-21-9-8-14-26(34(21)43)33-24-15-16-25-32(37(46)39(36(25)45)18-17-31(41)42)28(24)19-29-35(44)27(22-10-4-2-5-11-22)20-30(40)38(29,33)23-12-6-3-7-13-23/h2-15,20,25,28-29,32-33,43H,16-19H2,1H3,(H,41,42). The molecule has 2 fully saturated rings. The average Bonchev–Trinajstić information content (AvgIpc) is 3.31. The van der Waals surface area contributed by atoms with E-state index in [2.05, 4.69) is 0 Å². The summed E-state index contributed by atoms with van der Waals surface area (Å²) in [5.74, 6) is -6.23. The molecule has 1 saturated carbocycles. The van der Waals surface area contributed by atoms with Crippen molar-refractivity contribution in [3.8, 4) is 5.75 Å². The van der Waals surface area contributed by atoms with E-state index in [0.29, 0.717) is 27.8 Å². The summed E-state index contributed by atoms with van der Waals surface area (Å²) in [6.45, 7) is 1.55. The third kappa shape index (κ3) is 4.23. The lowest BCUT2D eigenvalue weighted by molar-refractivity contribution is -0.142. The first-order valence-corrected chi connectivity index (χ1v) is 15.6. The van der Waals surface area contributed by atoms with Gasteiger partial charge in [0.1, 0.15) is 5.75 Å². The zero-order valence-corrected chi connectivity index (χ0v) is 25.3. The van der Waals surface area contributed by atoms with Gasteiger partial charge in [-0.3, -0.25) is 28.9 Å². The minimum atomic E-state index is -1.42. The van der Waals surface area contributed by atoms with Gasteiger partial charge >= 0.3 is 5.97 Å². The molecule has 8 heteroatoms. The van der Waals surface area contributed by atoms with Crippen LogP contribution in [0.3, 0.4) is 0 Å². The van der Waals surface area contributed by atoms with Crippen LogP contribution in [0.25, 0.3) is 5.57 Å². The van der Waals surface area contributed by atoms with Gasteiger partial charge in [-0.2, -0.15) is 0 Å². The number of ketones is 2. The van der Waals surface area contributed by atoms with Crippen molar-refractivity contribution < 1.29 is 34.2 Å². The van der Waals surface area contributed by atoms with Crippen LogP contribution in [0.5, 0.6) is 5.75 Å². The number of carbonyl (C=O) groups is 5. The van der Waals surface area contributed by atoms with Crippen LogP contribution in [-0.2, 0) is 29.4 Å². The molecular formula is C38H33NO7. The second-order valence-corrected chi connectivity index (χ2v) is 12.8. The maximum atomic E-state index is 15.0. The van der Waals surface area contributed by atoms with E-state index in [1.165, 1.54) is 6.08 Å². The molecule has 7 rings (SSSR count). The van der Waals surface area contributed by atoms with Gasteiger partial charge in [0.2, 0.25) is 11.8 Å². The van der Waals surface area contributed by atoms with Gasteiger partial charge in [0, 0.05) is 29.5 Å². The van der Waals surface area contributed by atoms with Crippen LogP contribution in [-0.4, -0.2) is 51.0 Å². The number of Topliss-reactive ketones (excluding diaryl/α,β-unsaturated/α-hetero) is 1. The number of phenols is 1. The first kappa shape index (κ1) is 29.6. The van der Waals surface area contributed by atoms with E-state index in [1.807, 2.05) is 60.7 Å². The predicted octanol–water partition coefficient (Wildman–Crippen LogP) is 5.00. The van der Waals surface area contributed by atoms with Crippen molar-refractivity contribution in [3.05, 3.63) is 119 Å². The summed E-state index contributed by atoms with van der Waals surface area (Å²) >= 11 is 0. The Morgan fingerprint density at radius 2 is 1.59 bits per heavy atom. The largest absolute Gasteiger partial charge is 0.507 e. The number of carboxylic acid groups (broad SMARTS) is 1. The number of nitrogens with zero attached hydrogens (tertiary/aromatic N) is 1. The van der Waals surface area contributed by atoms with E-state index in [0.717, 1.165) is 10.5 Å². The topological polar surface area (TPSA) is 129 Å². The SMILES string of the molecule is Cc1cccc(C2C3=CCC4C(=O)N(CCC(=O)O)C(=O)C4C3CC3C(=O)C(c4ccccc4)=CC(=O)C32c2ccccc2)c1O. The molecule has 2 amide bonds. The minimum Gasteiger partial charge on any atom is -0.507 e. The normalized spacial score (nSPS) is 28.6. The third-order valence-corrected chi connectivity index (χ3v) is 10.6. The molecule has 1 saturated heterocycles. The Balaban J connectivity index is 1.48. The second-order valence-electron chi connectivity index (χ2n) is 12.8. The highest BCUT2D eigenvalue weighted by Crippen LogP contribution is 2.64. The summed E-state index contributed by atoms with van der Waals surface area (Å²) in [4.78, 5) is 69.7. The number of benzene rings is 3. The molecule has 1 aliphatic heterocycles. The number of aliphatic carboxylic acids is 1. The maximum Gasteiger partial charge on any atom is 0.305 e. The van der Waals surface area contributed by atoms with Gasteiger partial charge in [-0.15, -0.1) is 0 Å². The molecule has 46 heavy (non-hydrogen) atoms. The molecule has 3 aliphatic carbocycles. The Hall–Kier alpha value is -5.11. The highest BCUT2D eigenvalue weighted by Gasteiger charge is 2.66. The minimum absolute atomic E-state index is 0.0141. The number of allylic oxidation sites excluding steroid dienone is 4. The van der Waals surface area contributed by atoms with E-state index in [4.69, 9.17) is 0 Å². The first-order chi connectivity index (χ1) is 22.2. The number of phenolic OH excluding ortho intramolecular Hbond substituents is 1. The number of carbonyl (C=O) groups excluding carboxylic acids is 4. The molecule has 0 aromatic heterocycles. The molecule has 0 bridgehead atoms. The average molecular weight is 616 g/mol. The number of aromatic hydroxyl groups is 1. The van der Waals surface area contributed by atoms with Crippen molar-refractivity contribution in [2.45, 2.75) is 37.5 Å². The molecule has 2 N–H and O–H groups in total. The zero-order chi connectivity index (χ0) is 32.3. The molecule has 232 valence electrons. The molecule has 6 atom stereocenters. The van der Waals surface area contributed by atoms with Crippen molar-refractivity contribution >= 4 is 34.9 Å². The Morgan fingerprint density at radius 1 is 0.891 bits per heavy atom. The number of imide groups is 1. The molecule has 4 aliphatic rings. The fourth-order valence-corrected chi connectivity index (χ4v) is 8.63. The lowest BCUT2D eigenvalue weighted by Gasteiger charge is -2.55. The molecule has 0 radical (unpaired) electrons. The third-order valence-electron chi connectivity index (χ3n) is 10.6. The molecule has 1 heterocycles. The Morgan fingerprint density at radius 3 is 2.28 bits per heavy atom. The number of likely N-dealkylation sites (tertiary alicyclic amines) is 1. The Kier molecular flexibility index (Phi) is 7.11. The highest BCUT2D eigenvalue weighted by molar-refractivity contribution is 6.31. The molecule has 6 unspecified atom stereocenters. The van der Waals surface area contributed by atoms with Crippen LogP contribution >= 0.6 is 0 Å². The molecule has 3 aromatic rings. The first-order valence-electron chi connectivity index (χ1n) is 15.6. The lowest BCUT2D eigenvalue weighted by Crippen LogP contribution is -2.58. The number of rotatable bonds is 6. The Labute approximate surface area is 266 Å². The van der Waals surface area contributed by atoms with E-state index < -0.39 is 52.8 Å². The smallest absolute Gasteiger partial charge is 0.305 e. The number of aryl methyl sites for hydroxylation is 1. The number of para-hydroxylation sites is 1. The van der Waals surface area contributed by atoms with Crippen LogP contribution in [0.1, 0.15) is 47.4 Å². The van der Waals surface area contributed by atoms with E-state index >= 15 is 0 Å². The van der Waals surface area contributed by atoms with E-state index in [9.17, 15) is 34.2 Å². The van der Waals surface area contributed by atoms with Gasteiger partial charge in [0.25, 0.3) is 0 Å². The number of carboxylic acids is 1. The van der Waals surface area contributed by atoms with Gasteiger partial charge in [0.05, 0.1) is 23.7 Å². The van der Waals surface area contributed by atoms with Gasteiger partial charge in [-0.25, -0.2) is 0 Å². The van der Waals surface area contributed by atoms with Crippen molar-refractivity contribution in [2.24, 2.45) is 23.7 Å². The Bertz CT molecular complexity index is 1860. The summed E-state index contributed by atoms with van der Waals surface area (Å²) in [7, 11) is 0. The molecule has 8 nitrogen and oxygen atoms in total. The fraction of sp³-hybridized carbons (Fsp3) is 0.289.